The first-order valence-corrected chi connectivity index (χ1v) is 25.9. The molecule has 0 heterocycles. The molecule has 0 aliphatic carbocycles. The van der Waals surface area contributed by atoms with E-state index in [1.807, 2.05) is 0 Å². The highest BCUT2D eigenvalue weighted by Crippen LogP contribution is 2.17. The first kappa shape index (κ1) is 56.6. The number of hydrogen-bond acceptors (Lipinski definition) is 5. The molecular formula is C52H101NO5. The standard InChI is InChI=1S/C52H101NO5/c1-3-5-7-9-11-13-15-20-24-28-32-36-40-44-50(55)49(48-54)53-51(56)45-41-37-33-29-25-22-18-17-19-23-27-31-35-39-43-47-58-52(57)46-42-38-34-30-26-21-16-14-12-10-8-6-4-2/h14,16,49-50,54-55H,3-13,15,17-48H2,1-2H3,(H,53,56)/b16-14-. The Balaban J connectivity index is 3.43. The molecule has 3 N–H and O–H groups in total. The summed E-state index contributed by atoms with van der Waals surface area (Å²) in [5.74, 6) is -0.0518. The number of amides is 1. The molecule has 1 amide bonds. The monoisotopic (exact) mass is 820 g/mol. The van der Waals surface area contributed by atoms with Crippen LogP contribution < -0.4 is 5.32 Å². The average molecular weight is 820 g/mol. The van der Waals surface area contributed by atoms with Gasteiger partial charge in [-0.15, -0.1) is 0 Å². The Labute approximate surface area is 361 Å². The Morgan fingerprint density at radius 2 is 0.810 bits per heavy atom. The van der Waals surface area contributed by atoms with Crippen molar-refractivity contribution < 1.29 is 24.5 Å². The van der Waals surface area contributed by atoms with Gasteiger partial charge in [-0.25, -0.2) is 0 Å². The number of ether oxygens (including phenoxy) is 1. The maximum Gasteiger partial charge on any atom is 0.305 e. The van der Waals surface area contributed by atoms with Crippen molar-refractivity contribution in [1.82, 2.24) is 5.32 Å². The molecule has 0 spiro atoms. The Morgan fingerprint density at radius 3 is 1.24 bits per heavy atom. The van der Waals surface area contributed by atoms with Crippen molar-refractivity contribution >= 4 is 11.9 Å². The van der Waals surface area contributed by atoms with Gasteiger partial charge in [0.2, 0.25) is 5.91 Å². The van der Waals surface area contributed by atoms with Crippen molar-refractivity contribution in [2.75, 3.05) is 13.2 Å². The normalized spacial score (nSPS) is 12.7. The van der Waals surface area contributed by atoms with Crippen molar-refractivity contribution in [3.8, 4) is 0 Å². The zero-order valence-corrected chi connectivity index (χ0v) is 39.0. The molecule has 2 atom stereocenters. The van der Waals surface area contributed by atoms with Gasteiger partial charge in [-0.1, -0.05) is 231 Å². The lowest BCUT2D eigenvalue weighted by Gasteiger charge is -2.22. The van der Waals surface area contributed by atoms with E-state index in [-0.39, 0.29) is 18.5 Å². The number of carbonyl (C=O) groups excluding carboxylic acids is 2. The third-order valence-corrected chi connectivity index (χ3v) is 12.1. The number of carbonyl (C=O) groups is 2. The van der Waals surface area contributed by atoms with Crippen LogP contribution in [0, 0.1) is 0 Å². The lowest BCUT2D eigenvalue weighted by Crippen LogP contribution is -2.45. The first-order valence-electron chi connectivity index (χ1n) is 25.9. The van der Waals surface area contributed by atoms with Gasteiger partial charge in [0.15, 0.2) is 0 Å². The number of aliphatic hydroxyl groups excluding tert-OH is 2. The minimum absolute atomic E-state index is 0.00844. The number of allylic oxidation sites excluding steroid dienone is 2. The molecule has 0 saturated heterocycles. The molecule has 0 bridgehead atoms. The van der Waals surface area contributed by atoms with E-state index in [1.54, 1.807) is 0 Å². The van der Waals surface area contributed by atoms with Gasteiger partial charge in [-0.05, 0) is 51.4 Å². The van der Waals surface area contributed by atoms with E-state index < -0.39 is 12.1 Å². The fourth-order valence-corrected chi connectivity index (χ4v) is 8.05. The van der Waals surface area contributed by atoms with E-state index in [2.05, 4.69) is 31.3 Å². The molecule has 344 valence electrons. The van der Waals surface area contributed by atoms with Crippen molar-refractivity contribution in [1.29, 1.82) is 0 Å². The second kappa shape index (κ2) is 48.3. The van der Waals surface area contributed by atoms with Gasteiger partial charge in [-0.2, -0.15) is 0 Å². The molecular weight excluding hydrogens is 719 g/mol. The van der Waals surface area contributed by atoms with Crippen molar-refractivity contribution in [2.45, 2.75) is 296 Å². The van der Waals surface area contributed by atoms with Crippen LogP contribution in [0.25, 0.3) is 0 Å². The van der Waals surface area contributed by atoms with E-state index >= 15 is 0 Å². The second-order valence-electron chi connectivity index (χ2n) is 17.9. The molecule has 0 rings (SSSR count). The van der Waals surface area contributed by atoms with Crippen molar-refractivity contribution in [3.63, 3.8) is 0 Å². The minimum Gasteiger partial charge on any atom is -0.466 e. The third-order valence-electron chi connectivity index (χ3n) is 12.1. The SMILES string of the molecule is CCCCCC/C=C\CCCCCCCC(=O)OCCCCCCCCCCCCCCCCCC(=O)NC(CO)C(O)CCCCCCCCCCCCCCC. The molecule has 0 aromatic rings. The fraction of sp³-hybridized carbons (Fsp3) is 0.923. The van der Waals surface area contributed by atoms with Gasteiger partial charge in [0, 0.05) is 12.8 Å². The number of hydrogen-bond donors (Lipinski definition) is 3. The Bertz CT molecular complexity index is 863. The van der Waals surface area contributed by atoms with Crippen LogP contribution in [-0.2, 0) is 14.3 Å². The van der Waals surface area contributed by atoms with Crippen molar-refractivity contribution in [2.24, 2.45) is 0 Å². The molecule has 0 aromatic carbocycles. The number of rotatable bonds is 48. The molecule has 2 unspecified atom stereocenters. The number of nitrogens with one attached hydrogen (secondary N) is 1. The number of esters is 1. The molecule has 0 aromatic heterocycles. The van der Waals surface area contributed by atoms with Crippen LogP contribution >= 0.6 is 0 Å². The summed E-state index contributed by atoms with van der Waals surface area (Å²) in [4.78, 5) is 24.4. The van der Waals surface area contributed by atoms with E-state index in [0.29, 0.717) is 25.9 Å². The van der Waals surface area contributed by atoms with Gasteiger partial charge in [0.1, 0.15) is 0 Å². The van der Waals surface area contributed by atoms with E-state index in [4.69, 9.17) is 4.74 Å². The Hall–Kier alpha value is -1.40. The summed E-state index contributed by atoms with van der Waals surface area (Å²) in [5.41, 5.74) is 0. The summed E-state index contributed by atoms with van der Waals surface area (Å²) in [6, 6.07) is -0.546. The van der Waals surface area contributed by atoms with Crippen LogP contribution in [0.1, 0.15) is 284 Å². The predicted molar refractivity (Wildman–Crippen MR) is 250 cm³/mol. The quantitative estimate of drug-likeness (QED) is 0.0323. The van der Waals surface area contributed by atoms with Crippen LogP contribution in [0.15, 0.2) is 12.2 Å². The van der Waals surface area contributed by atoms with Crippen LogP contribution in [-0.4, -0.2) is 47.4 Å². The molecule has 6 nitrogen and oxygen atoms in total. The predicted octanol–water partition coefficient (Wildman–Crippen LogP) is 15.3. The van der Waals surface area contributed by atoms with Crippen LogP contribution in [0.3, 0.4) is 0 Å². The summed E-state index contributed by atoms with van der Waals surface area (Å²) in [6.07, 6.45) is 54.6. The Morgan fingerprint density at radius 1 is 0.466 bits per heavy atom. The molecule has 0 saturated carbocycles. The van der Waals surface area contributed by atoms with E-state index in [0.717, 1.165) is 51.4 Å². The van der Waals surface area contributed by atoms with Crippen LogP contribution in [0.5, 0.6) is 0 Å². The molecule has 0 aliphatic heterocycles. The third kappa shape index (κ3) is 44.2. The first-order chi connectivity index (χ1) is 28.5. The highest BCUT2D eigenvalue weighted by molar-refractivity contribution is 5.76. The molecule has 0 fully saturated rings. The topological polar surface area (TPSA) is 95.9 Å². The summed E-state index contributed by atoms with van der Waals surface area (Å²) in [7, 11) is 0. The van der Waals surface area contributed by atoms with Crippen molar-refractivity contribution in [3.05, 3.63) is 12.2 Å². The van der Waals surface area contributed by atoms with Crippen LogP contribution in [0.2, 0.25) is 0 Å². The van der Waals surface area contributed by atoms with E-state index in [9.17, 15) is 19.8 Å². The number of aliphatic hydroxyl groups is 2. The summed E-state index contributed by atoms with van der Waals surface area (Å²) in [5, 5.41) is 23.2. The molecule has 6 heteroatoms. The van der Waals surface area contributed by atoms with Gasteiger partial charge < -0.3 is 20.3 Å². The maximum atomic E-state index is 12.4. The highest BCUT2D eigenvalue weighted by Gasteiger charge is 2.20. The zero-order valence-electron chi connectivity index (χ0n) is 39.0. The minimum atomic E-state index is -0.668. The second-order valence-corrected chi connectivity index (χ2v) is 17.9. The highest BCUT2D eigenvalue weighted by atomic mass is 16.5. The van der Waals surface area contributed by atoms with Gasteiger partial charge >= 0.3 is 5.97 Å². The lowest BCUT2D eigenvalue weighted by molar-refractivity contribution is -0.143. The summed E-state index contributed by atoms with van der Waals surface area (Å²) < 4.78 is 5.45. The maximum absolute atomic E-state index is 12.4. The summed E-state index contributed by atoms with van der Waals surface area (Å²) in [6.45, 7) is 4.92. The molecule has 58 heavy (non-hydrogen) atoms. The van der Waals surface area contributed by atoms with Crippen LogP contribution in [0.4, 0.5) is 0 Å². The number of unbranched alkanes of at least 4 members (excludes halogenated alkanes) is 35. The lowest BCUT2D eigenvalue weighted by atomic mass is 10.0. The largest absolute Gasteiger partial charge is 0.466 e. The smallest absolute Gasteiger partial charge is 0.305 e. The summed E-state index contributed by atoms with van der Waals surface area (Å²) >= 11 is 0. The molecule has 0 radical (unpaired) electrons. The van der Waals surface area contributed by atoms with Gasteiger partial charge in [0.05, 0.1) is 25.4 Å². The fourth-order valence-electron chi connectivity index (χ4n) is 8.05. The van der Waals surface area contributed by atoms with Gasteiger partial charge in [0.25, 0.3) is 0 Å². The van der Waals surface area contributed by atoms with Gasteiger partial charge in [-0.3, -0.25) is 9.59 Å². The molecule has 0 aliphatic rings. The average Bonchev–Trinajstić information content (AvgIpc) is 3.22. The van der Waals surface area contributed by atoms with E-state index in [1.165, 1.54) is 199 Å². The Kier molecular flexibility index (Phi) is 47.1. The zero-order chi connectivity index (χ0) is 42.3.